The highest BCUT2D eigenvalue weighted by Gasteiger charge is 2.34. The maximum absolute atomic E-state index is 13.6. The van der Waals surface area contributed by atoms with Gasteiger partial charge in [0.1, 0.15) is 5.69 Å². The molecule has 2 aromatic carbocycles. The summed E-state index contributed by atoms with van der Waals surface area (Å²) in [5, 5.41) is -0.127. The Kier molecular flexibility index (Phi) is 6.97. The molecule has 2 heterocycles. The average Bonchev–Trinajstić information content (AvgIpc) is 2.85. The number of aromatic nitrogens is 2. The zero-order valence-electron chi connectivity index (χ0n) is 18.6. The molecule has 0 saturated carbocycles. The number of rotatable bonds is 6. The summed E-state index contributed by atoms with van der Waals surface area (Å²) in [5.41, 5.74) is 1.32. The minimum Gasteiger partial charge on any atom is -0.493 e. The number of amides is 1. The number of hydrogen-bond donors (Lipinski definition) is 0. The van der Waals surface area contributed by atoms with Crippen molar-refractivity contribution in [3.05, 3.63) is 59.8 Å². The number of thioether (sulfide) groups is 1. The molecule has 0 radical (unpaired) electrons. The molecule has 34 heavy (non-hydrogen) atoms. The van der Waals surface area contributed by atoms with Crippen molar-refractivity contribution in [2.45, 2.75) is 24.2 Å². The molecule has 1 aromatic heterocycles. The number of benzene rings is 2. The molecule has 0 aliphatic carbocycles. The van der Waals surface area contributed by atoms with Gasteiger partial charge in [-0.1, -0.05) is 30.0 Å². The first-order valence-electron chi connectivity index (χ1n) is 10.5. The van der Waals surface area contributed by atoms with Gasteiger partial charge in [0, 0.05) is 17.8 Å². The summed E-state index contributed by atoms with van der Waals surface area (Å²) < 4.78 is 51.1. The Morgan fingerprint density at radius 3 is 2.56 bits per heavy atom. The minimum absolute atomic E-state index is 0.0709. The monoisotopic (exact) mass is 489 g/mol. The summed E-state index contributed by atoms with van der Waals surface area (Å²) in [6, 6.07) is 13.3. The van der Waals surface area contributed by atoms with Crippen molar-refractivity contribution in [1.29, 1.82) is 0 Å². The lowest BCUT2D eigenvalue weighted by Gasteiger charge is -2.29. The van der Waals surface area contributed by atoms with E-state index in [9.17, 15) is 18.0 Å². The molecule has 3 aromatic rings. The van der Waals surface area contributed by atoms with E-state index in [0.29, 0.717) is 23.6 Å². The molecule has 0 bridgehead atoms. The molecule has 1 aliphatic heterocycles. The zero-order chi connectivity index (χ0) is 24.3. The number of ether oxygens (including phenoxy) is 2. The number of aryl methyl sites for hydroxylation is 1. The zero-order valence-corrected chi connectivity index (χ0v) is 19.4. The van der Waals surface area contributed by atoms with E-state index in [1.807, 2.05) is 24.3 Å². The van der Waals surface area contributed by atoms with Gasteiger partial charge in [0.25, 0.3) is 0 Å². The standard InChI is InChI=1S/C24H22F3N3O3S/c1-32-19-10-9-16(12-20(19)33-2)17-13-21(24(25,26)27)29-23(28-17)34-14-22(31)30-11-5-7-15-6-3-4-8-18(15)30/h3-4,6,8-10,12-13H,5,7,11,14H2,1-2H3. The Morgan fingerprint density at radius 2 is 1.82 bits per heavy atom. The van der Waals surface area contributed by atoms with Crippen LogP contribution in [0, 0.1) is 0 Å². The first kappa shape index (κ1) is 23.9. The van der Waals surface area contributed by atoms with Gasteiger partial charge in [0.05, 0.1) is 25.7 Å². The van der Waals surface area contributed by atoms with Gasteiger partial charge < -0.3 is 14.4 Å². The molecule has 1 amide bonds. The largest absolute Gasteiger partial charge is 0.493 e. The maximum Gasteiger partial charge on any atom is 0.433 e. The number of fused-ring (bicyclic) bond motifs is 1. The average molecular weight is 490 g/mol. The van der Waals surface area contributed by atoms with Crippen LogP contribution < -0.4 is 14.4 Å². The Balaban J connectivity index is 1.61. The summed E-state index contributed by atoms with van der Waals surface area (Å²) in [7, 11) is 2.91. The Bertz CT molecular complexity index is 1200. The maximum atomic E-state index is 13.6. The van der Waals surface area contributed by atoms with Crippen molar-refractivity contribution in [2.24, 2.45) is 0 Å². The highest BCUT2D eigenvalue weighted by molar-refractivity contribution is 7.99. The number of nitrogens with zero attached hydrogens (tertiary/aromatic N) is 3. The van der Waals surface area contributed by atoms with Crippen LogP contribution in [0.25, 0.3) is 11.3 Å². The van der Waals surface area contributed by atoms with Crippen molar-refractivity contribution in [3.8, 4) is 22.8 Å². The van der Waals surface area contributed by atoms with Crippen LogP contribution in [0.5, 0.6) is 11.5 Å². The molecule has 0 unspecified atom stereocenters. The SMILES string of the molecule is COc1ccc(-c2cc(C(F)(F)F)nc(SCC(=O)N3CCCc4ccccc43)n2)cc1OC. The van der Waals surface area contributed by atoms with E-state index in [-0.39, 0.29) is 22.5 Å². The number of halogens is 3. The summed E-state index contributed by atoms with van der Waals surface area (Å²) >= 11 is 0.884. The second kappa shape index (κ2) is 9.92. The van der Waals surface area contributed by atoms with Crippen molar-refractivity contribution < 1.29 is 27.4 Å². The minimum atomic E-state index is -4.67. The van der Waals surface area contributed by atoms with Gasteiger partial charge in [-0.15, -0.1) is 0 Å². The van der Waals surface area contributed by atoms with Crippen molar-refractivity contribution in [2.75, 3.05) is 31.4 Å². The molecule has 1 aliphatic rings. The van der Waals surface area contributed by atoms with Crippen LogP contribution in [0.1, 0.15) is 17.7 Å². The summed E-state index contributed by atoms with van der Waals surface area (Å²) in [5.74, 6) is 0.519. The normalized spacial score (nSPS) is 13.4. The molecule has 0 fully saturated rings. The highest BCUT2D eigenvalue weighted by atomic mass is 32.2. The van der Waals surface area contributed by atoms with Crippen LogP contribution in [0.4, 0.5) is 18.9 Å². The first-order chi connectivity index (χ1) is 16.3. The van der Waals surface area contributed by atoms with Crippen molar-refractivity contribution in [3.63, 3.8) is 0 Å². The molecule has 0 saturated heterocycles. The predicted molar refractivity (Wildman–Crippen MR) is 123 cm³/mol. The van der Waals surface area contributed by atoms with Gasteiger partial charge in [-0.25, -0.2) is 9.97 Å². The van der Waals surface area contributed by atoms with Gasteiger partial charge in [-0.2, -0.15) is 13.2 Å². The van der Waals surface area contributed by atoms with Crippen LogP contribution in [-0.4, -0.2) is 42.4 Å². The number of para-hydroxylation sites is 1. The number of methoxy groups -OCH3 is 2. The molecule has 6 nitrogen and oxygen atoms in total. The second-order valence-corrected chi connectivity index (χ2v) is 8.50. The van der Waals surface area contributed by atoms with E-state index in [0.717, 1.165) is 41.9 Å². The topological polar surface area (TPSA) is 64.5 Å². The van der Waals surface area contributed by atoms with Crippen LogP contribution in [0.2, 0.25) is 0 Å². The second-order valence-electron chi connectivity index (χ2n) is 7.55. The quantitative estimate of drug-likeness (QED) is 0.348. The van der Waals surface area contributed by atoms with Gasteiger partial charge >= 0.3 is 6.18 Å². The Morgan fingerprint density at radius 1 is 1.06 bits per heavy atom. The third-order valence-corrected chi connectivity index (χ3v) is 6.24. The highest BCUT2D eigenvalue weighted by Crippen LogP contribution is 2.36. The van der Waals surface area contributed by atoms with E-state index in [1.165, 1.54) is 14.2 Å². The van der Waals surface area contributed by atoms with Crippen LogP contribution in [-0.2, 0) is 17.4 Å². The first-order valence-corrected chi connectivity index (χ1v) is 11.5. The molecular formula is C24H22F3N3O3S. The van der Waals surface area contributed by atoms with Crippen molar-refractivity contribution >= 4 is 23.4 Å². The Hall–Kier alpha value is -3.27. The number of alkyl halides is 3. The van der Waals surface area contributed by atoms with E-state index in [1.54, 1.807) is 23.1 Å². The van der Waals surface area contributed by atoms with Crippen LogP contribution in [0.15, 0.2) is 53.7 Å². The fourth-order valence-corrected chi connectivity index (χ4v) is 4.51. The van der Waals surface area contributed by atoms with Crippen molar-refractivity contribution in [1.82, 2.24) is 9.97 Å². The lowest BCUT2D eigenvalue weighted by molar-refractivity contribution is -0.141. The van der Waals surface area contributed by atoms with Crippen LogP contribution >= 0.6 is 11.8 Å². The molecular weight excluding hydrogens is 467 g/mol. The van der Waals surface area contributed by atoms with E-state index >= 15 is 0 Å². The van der Waals surface area contributed by atoms with Gasteiger partial charge in [0.15, 0.2) is 16.7 Å². The van der Waals surface area contributed by atoms with E-state index in [4.69, 9.17) is 9.47 Å². The summed E-state index contributed by atoms with van der Waals surface area (Å²) in [4.78, 5) is 22.6. The number of hydrogen-bond acceptors (Lipinski definition) is 6. The number of carbonyl (C=O) groups is 1. The summed E-state index contributed by atoms with van der Waals surface area (Å²) in [6.45, 7) is 0.566. The fourth-order valence-electron chi connectivity index (χ4n) is 3.78. The number of anilines is 1. The fraction of sp³-hybridized carbons (Fsp3) is 0.292. The smallest absolute Gasteiger partial charge is 0.433 e. The van der Waals surface area contributed by atoms with Gasteiger partial charge in [-0.3, -0.25) is 4.79 Å². The third kappa shape index (κ3) is 5.11. The van der Waals surface area contributed by atoms with Gasteiger partial charge in [0.2, 0.25) is 5.91 Å². The molecule has 178 valence electrons. The van der Waals surface area contributed by atoms with Gasteiger partial charge in [-0.05, 0) is 48.7 Å². The third-order valence-electron chi connectivity index (χ3n) is 5.41. The molecule has 4 rings (SSSR count). The predicted octanol–water partition coefficient (Wildman–Crippen LogP) is 5.25. The van der Waals surface area contributed by atoms with E-state index in [2.05, 4.69) is 9.97 Å². The molecule has 0 spiro atoms. The molecule has 0 atom stereocenters. The molecule has 10 heteroatoms. The summed E-state index contributed by atoms with van der Waals surface area (Å²) in [6.07, 6.45) is -2.95. The Labute approximate surface area is 199 Å². The lowest BCUT2D eigenvalue weighted by Crippen LogP contribution is -2.36. The number of carbonyl (C=O) groups excluding carboxylic acids is 1. The lowest BCUT2D eigenvalue weighted by atomic mass is 10.0. The van der Waals surface area contributed by atoms with E-state index < -0.39 is 11.9 Å². The molecule has 0 N–H and O–H groups in total. The van der Waals surface area contributed by atoms with Crippen LogP contribution in [0.3, 0.4) is 0 Å².